The van der Waals surface area contributed by atoms with Crippen molar-refractivity contribution in [2.45, 2.75) is 0 Å². The van der Waals surface area contributed by atoms with Crippen LogP contribution in [-0.2, 0) is 4.79 Å². The predicted molar refractivity (Wildman–Crippen MR) is 51.3 cm³/mol. The monoisotopic (exact) mass is 197 g/mol. The van der Waals surface area contributed by atoms with Gasteiger partial charge < -0.3 is 10.8 Å². The summed E-state index contributed by atoms with van der Waals surface area (Å²) in [5.41, 5.74) is 5.61. The molecule has 13 heavy (non-hydrogen) atoms. The lowest BCUT2D eigenvalue weighted by atomic mass is 10.2. The Morgan fingerprint density at radius 3 is 2.77 bits per heavy atom. The standard InChI is InChI=1S/C9H8ClNO2/c10-7-5-6(1-3-8(7)12)2-4-9(11)13/h1-5,12H,(H2,11,13)/b4-2-. The minimum Gasteiger partial charge on any atom is -0.506 e. The molecular formula is C9H8ClNO2. The minimum absolute atomic E-state index is 0.0119. The van der Waals surface area contributed by atoms with Crippen LogP contribution in [0, 0.1) is 0 Å². The lowest BCUT2D eigenvalue weighted by Crippen LogP contribution is -2.04. The number of benzene rings is 1. The molecule has 0 saturated carbocycles. The predicted octanol–water partition coefficient (Wildman–Crippen LogP) is 1.54. The molecule has 0 radical (unpaired) electrons. The maximum Gasteiger partial charge on any atom is 0.241 e. The first kappa shape index (κ1) is 9.61. The number of halogens is 1. The van der Waals surface area contributed by atoms with Crippen LogP contribution in [-0.4, -0.2) is 11.0 Å². The number of aromatic hydroxyl groups is 1. The second-order valence-electron chi connectivity index (χ2n) is 2.45. The third kappa shape index (κ3) is 2.80. The van der Waals surface area contributed by atoms with E-state index in [0.29, 0.717) is 5.56 Å². The molecule has 0 aliphatic heterocycles. The van der Waals surface area contributed by atoms with Gasteiger partial charge in [-0.3, -0.25) is 4.79 Å². The van der Waals surface area contributed by atoms with Crippen LogP contribution < -0.4 is 5.73 Å². The summed E-state index contributed by atoms with van der Waals surface area (Å²) < 4.78 is 0. The molecule has 0 bridgehead atoms. The molecule has 3 N–H and O–H groups in total. The van der Waals surface area contributed by atoms with Crippen molar-refractivity contribution in [1.29, 1.82) is 0 Å². The van der Waals surface area contributed by atoms with Crippen molar-refractivity contribution in [3.05, 3.63) is 34.9 Å². The van der Waals surface area contributed by atoms with Crippen LogP contribution in [0.5, 0.6) is 5.75 Å². The number of carbonyl (C=O) groups excluding carboxylic acids is 1. The Labute approximate surface area is 80.4 Å². The quantitative estimate of drug-likeness (QED) is 0.707. The van der Waals surface area contributed by atoms with Crippen LogP contribution in [0.2, 0.25) is 5.02 Å². The van der Waals surface area contributed by atoms with Gasteiger partial charge in [0.15, 0.2) is 0 Å². The van der Waals surface area contributed by atoms with Crippen LogP contribution in [0.4, 0.5) is 0 Å². The Morgan fingerprint density at radius 1 is 1.54 bits per heavy atom. The smallest absolute Gasteiger partial charge is 0.241 e. The fourth-order valence-corrected chi connectivity index (χ4v) is 0.994. The molecule has 0 fully saturated rings. The summed E-state index contributed by atoms with van der Waals surface area (Å²) in [5.74, 6) is -0.512. The molecule has 0 aliphatic carbocycles. The molecular weight excluding hydrogens is 190 g/mol. The topological polar surface area (TPSA) is 63.3 Å². The maximum absolute atomic E-state index is 10.4. The zero-order chi connectivity index (χ0) is 9.84. The van der Waals surface area contributed by atoms with Gasteiger partial charge in [-0.2, -0.15) is 0 Å². The molecule has 1 aromatic carbocycles. The van der Waals surface area contributed by atoms with Crippen molar-refractivity contribution in [3.63, 3.8) is 0 Å². The van der Waals surface area contributed by atoms with Gasteiger partial charge in [0, 0.05) is 6.08 Å². The Bertz CT molecular complexity index is 361. The van der Waals surface area contributed by atoms with Crippen molar-refractivity contribution < 1.29 is 9.90 Å². The number of carbonyl (C=O) groups is 1. The van der Waals surface area contributed by atoms with Gasteiger partial charge in [-0.1, -0.05) is 17.7 Å². The molecule has 68 valence electrons. The van der Waals surface area contributed by atoms with Gasteiger partial charge in [0.25, 0.3) is 0 Å². The van der Waals surface area contributed by atoms with E-state index in [2.05, 4.69) is 0 Å². The van der Waals surface area contributed by atoms with E-state index in [1.54, 1.807) is 6.07 Å². The summed E-state index contributed by atoms with van der Waals surface area (Å²) in [6, 6.07) is 4.61. The highest BCUT2D eigenvalue weighted by Gasteiger charge is 1.97. The highest BCUT2D eigenvalue weighted by atomic mass is 35.5. The molecule has 4 heteroatoms. The zero-order valence-corrected chi connectivity index (χ0v) is 7.45. The van der Waals surface area contributed by atoms with Crippen molar-refractivity contribution in [2.24, 2.45) is 5.73 Å². The first-order chi connectivity index (χ1) is 6.09. The van der Waals surface area contributed by atoms with Crippen LogP contribution in [0.15, 0.2) is 24.3 Å². The molecule has 0 heterocycles. The second-order valence-corrected chi connectivity index (χ2v) is 2.85. The van der Waals surface area contributed by atoms with E-state index in [1.165, 1.54) is 24.3 Å². The molecule has 1 rings (SSSR count). The van der Waals surface area contributed by atoms with E-state index >= 15 is 0 Å². The molecule has 0 aliphatic rings. The van der Waals surface area contributed by atoms with E-state index in [0.717, 1.165) is 0 Å². The summed E-state index contributed by atoms with van der Waals surface area (Å²) in [6.45, 7) is 0. The average molecular weight is 198 g/mol. The van der Waals surface area contributed by atoms with E-state index in [-0.39, 0.29) is 10.8 Å². The number of primary amides is 1. The summed E-state index contributed by atoms with van der Waals surface area (Å²) >= 11 is 5.63. The molecule has 0 aromatic heterocycles. The maximum atomic E-state index is 10.4. The molecule has 3 nitrogen and oxygen atoms in total. The Hall–Kier alpha value is -1.48. The van der Waals surface area contributed by atoms with Crippen molar-refractivity contribution in [3.8, 4) is 5.75 Å². The number of rotatable bonds is 2. The molecule has 0 atom stereocenters. The first-order valence-corrected chi connectivity index (χ1v) is 3.93. The third-order valence-corrected chi connectivity index (χ3v) is 1.71. The summed E-state index contributed by atoms with van der Waals surface area (Å²) in [7, 11) is 0. The second kappa shape index (κ2) is 3.96. The molecule has 0 spiro atoms. The van der Waals surface area contributed by atoms with Gasteiger partial charge in [0.1, 0.15) is 5.75 Å². The van der Waals surface area contributed by atoms with Crippen molar-refractivity contribution >= 4 is 23.6 Å². The number of nitrogens with two attached hydrogens (primary N) is 1. The summed E-state index contributed by atoms with van der Waals surface area (Å²) in [6.07, 6.45) is 2.75. The average Bonchev–Trinajstić information content (AvgIpc) is 2.07. The van der Waals surface area contributed by atoms with Crippen LogP contribution in [0.3, 0.4) is 0 Å². The van der Waals surface area contributed by atoms with Gasteiger partial charge in [-0.25, -0.2) is 0 Å². The zero-order valence-electron chi connectivity index (χ0n) is 6.70. The van der Waals surface area contributed by atoms with Gasteiger partial charge in [0.2, 0.25) is 5.91 Å². The molecule has 1 amide bonds. The molecule has 0 saturated heterocycles. The van der Waals surface area contributed by atoms with E-state index < -0.39 is 5.91 Å². The van der Waals surface area contributed by atoms with E-state index in [9.17, 15) is 4.79 Å². The van der Waals surface area contributed by atoms with E-state index in [1.807, 2.05) is 0 Å². The van der Waals surface area contributed by atoms with Crippen LogP contribution >= 0.6 is 11.6 Å². The Morgan fingerprint density at radius 2 is 2.23 bits per heavy atom. The number of amides is 1. The minimum atomic E-state index is -0.524. The first-order valence-electron chi connectivity index (χ1n) is 3.55. The number of phenolic OH excluding ortho intramolecular Hbond substituents is 1. The largest absolute Gasteiger partial charge is 0.506 e. The summed E-state index contributed by atoms with van der Waals surface area (Å²) in [4.78, 5) is 10.4. The van der Waals surface area contributed by atoms with Gasteiger partial charge in [-0.15, -0.1) is 0 Å². The molecule has 0 unspecified atom stereocenters. The lowest BCUT2D eigenvalue weighted by Gasteiger charge is -1.96. The SMILES string of the molecule is NC(=O)/C=C\c1ccc(O)c(Cl)c1. The Kier molecular flexibility index (Phi) is 2.93. The Balaban J connectivity index is 2.92. The number of hydrogen-bond acceptors (Lipinski definition) is 2. The van der Waals surface area contributed by atoms with E-state index in [4.69, 9.17) is 22.4 Å². The lowest BCUT2D eigenvalue weighted by molar-refractivity contribution is -0.113. The van der Waals surface area contributed by atoms with Crippen molar-refractivity contribution in [1.82, 2.24) is 0 Å². The fraction of sp³-hybridized carbons (Fsp3) is 0. The van der Waals surface area contributed by atoms with Gasteiger partial charge in [0.05, 0.1) is 5.02 Å². The highest BCUT2D eigenvalue weighted by Crippen LogP contribution is 2.23. The van der Waals surface area contributed by atoms with Crippen LogP contribution in [0.1, 0.15) is 5.56 Å². The fourth-order valence-electron chi connectivity index (χ4n) is 0.805. The highest BCUT2D eigenvalue weighted by molar-refractivity contribution is 6.32. The van der Waals surface area contributed by atoms with Gasteiger partial charge >= 0.3 is 0 Å². The molecule has 1 aromatic rings. The number of phenols is 1. The third-order valence-electron chi connectivity index (χ3n) is 1.41. The van der Waals surface area contributed by atoms with Gasteiger partial charge in [-0.05, 0) is 23.8 Å². The summed E-state index contributed by atoms with van der Waals surface area (Å²) in [5, 5.41) is 9.32. The normalized spacial score (nSPS) is 10.5. The van der Waals surface area contributed by atoms with Crippen LogP contribution in [0.25, 0.3) is 6.08 Å². The number of hydrogen-bond donors (Lipinski definition) is 2. The van der Waals surface area contributed by atoms with Crippen molar-refractivity contribution in [2.75, 3.05) is 0 Å².